The van der Waals surface area contributed by atoms with Gasteiger partial charge in [-0.15, -0.1) is 0 Å². The average molecular weight is 384 g/mol. The Labute approximate surface area is 166 Å². The highest BCUT2D eigenvalue weighted by Crippen LogP contribution is 2.47. The van der Waals surface area contributed by atoms with E-state index in [0.29, 0.717) is 19.8 Å². The van der Waals surface area contributed by atoms with Gasteiger partial charge in [-0.3, -0.25) is 0 Å². The molecule has 5 heteroatoms. The molecular weight excluding hydrogens is 356 g/mol. The van der Waals surface area contributed by atoms with E-state index >= 15 is 0 Å². The minimum Gasteiger partial charge on any atom is -0.374 e. The van der Waals surface area contributed by atoms with Crippen LogP contribution in [0.1, 0.15) is 31.9 Å². The van der Waals surface area contributed by atoms with Crippen molar-refractivity contribution in [2.45, 2.75) is 63.9 Å². The van der Waals surface area contributed by atoms with E-state index in [1.54, 1.807) is 0 Å². The summed E-state index contributed by atoms with van der Waals surface area (Å²) in [5, 5.41) is 0. The summed E-state index contributed by atoms with van der Waals surface area (Å²) in [6.45, 7) is 7.22. The van der Waals surface area contributed by atoms with Crippen LogP contribution in [-0.2, 0) is 36.9 Å². The third kappa shape index (κ3) is 4.14. The molecule has 2 saturated heterocycles. The molecule has 150 valence electrons. The highest BCUT2D eigenvalue weighted by atomic mass is 16.9. The van der Waals surface area contributed by atoms with Crippen molar-refractivity contribution in [3.8, 4) is 0 Å². The van der Waals surface area contributed by atoms with Crippen LogP contribution in [0.5, 0.6) is 0 Å². The standard InChI is InChI=1S/C23H28O5/c1-22(2)27-21-23(3,28-22)20(25-15-18-12-8-5-9-13-18)19(26-21)16-24-14-17-10-6-4-7-11-17/h4-13,19-21H,14-16H2,1-3H3/t19-,20-,21+,23+/m1/s1. The summed E-state index contributed by atoms with van der Waals surface area (Å²) in [4.78, 5) is 0. The van der Waals surface area contributed by atoms with Gasteiger partial charge in [0.1, 0.15) is 17.8 Å². The van der Waals surface area contributed by atoms with Crippen LogP contribution in [0, 0.1) is 0 Å². The molecule has 0 radical (unpaired) electrons. The molecule has 0 amide bonds. The lowest BCUT2D eigenvalue weighted by molar-refractivity contribution is -0.230. The largest absolute Gasteiger partial charge is 0.374 e. The Morgan fingerprint density at radius 2 is 1.46 bits per heavy atom. The molecule has 0 bridgehead atoms. The second kappa shape index (κ2) is 7.93. The van der Waals surface area contributed by atoms with Gasteiger partial charge in [0.2, 0.25) is 0 Å². The Hall–Kier alpha value is -1.76. The first-order chi connectivity index (χ1) is 13.5. The van der Waals surface area contributed by atoms with Crippen LogP contribution in [0.4, 0.5) is 0 Å². The minimum atomic E-state index is -0.705. The van der Waals surface area contributed by atoms with Crippen LogP contribution in [0.15, 0.2) is 60.7 Å². The third-order valence-corrected chi connectivity index (χ3v) is 5.19. The second-order valence-electron chi connectivity index (χ2n) is 8.03. The maximum atomic E-state index is 6.30. The van der Waals surface area contributed by atoms with Crippen molar-refractivity contribution in [2.24, 2.45) is 0 Å². The molecule has 5 nitrogen and oxygen atoms in total. The smallest absolute Gasteiger partial charge is 0.192 e. The zero-order chi connectivity index (χ0) is 19.6. The quantitative estimate of drug-likeness (QED) is 0.721. The van der Waals surface area contributed by atoms with Crippen molar-refractivity contribution >= 4 is 0 Å². The average Bonchev–Trinajstić information content (AvgIpc) is 3.05. The summed E-state index contributed by atoms with van der Waals surface area (Å²) in [6, 6.07) is 20.2. The van der Waals surface area contributed by atoms with Gasteiger partial charge in [-0.2, -0.15) is 0 Å². The summed E-state index contributed by atoms with van der Waals surface area (Å²) in [5.74, 6) is -0.705. The predicted octanol–water partition coefficient (Wildman–Crippen LogP) is 4.06. The van der Waals surface area contributed by atoms with E-state index in [4.69, 9.17) is 23.7 Å². The summed E-state index contributed by atoms with van der Waals surface area (Å²) in [5.41, 5.74) is 1.55. The maximum Gasteiger partial charge on any atom is 0.192 e. The molecule has 2 aliphatic heterocycles. The number of ether oxygens (including phenoxy) is 5. The monoisotopic (exact) mass is 384 g/mol. The third-order valence-electron chi connectivity index (χ3n) is 5.19. The van der Waals surface area contributed by atoms with Gasteiger partial charge in [-0.25, -0.2) is 0 Å². The van der Waals surface area contributed by atoms with Crippen molar-refractivity contribution in [3.05, 3.63) is 71.8 Å². The topological polar surface area (TPSA) is 46.2 Å². The number of rotatable bonds is 7. The van der Waals surface area contributed by atoms with E-state index in [2.05, 4.69) is 0 Å². The molecular formula is C23H28O5. The molecule has 0 N–H and O–H groups in total. The highest BCUT2D eigenvalue weighted by molar-refractivity contribution is 5.15. The number of benzene rings is 2. The summed E-state index contributed by atoms with van der Waals surface area (Å²) >= 11 is 0. The number of hydrogen-bond donors (Lipinski definition) is 0. The minimum absolute atomic E-state index is 0.265. The van der Waals surface area contributed by atoms with E-state index in [0.717, 1.165) is 11.1 Å². The fourth-order valence-electron chi connectivity index (χ4n) is 3.96. The fraction of sp³-hybridized carbons (Fsp3) is 0.478. The normalized spacial score (nSPS) is 31.0. The molecule has 2 heterocycles. The van der Waals surface area contributed by atoms with Crippen LogP contribution >= 0.6 is 0 Å². The van der Waals surface area contributed by atoms with Gasteiger partial charge in [0, 0.05) is 0 Å². The SMILES string of the molecule is CC1(C)O[C@@H]2O[C@H](COCc3ccccc3)[C@@H](OCc3ccccc3)[C@]2(C)O1. The molecule has 4 atom stereocenters. The first-order valence-corrected chi connectivity index (χ1v) is 9.77. The molecule has 0 aromatic heterocycles. The summed E-state index contributed by atoms with van der Waals surface area (Å²) in [7, 11) is 0. The number of fused-ring (bicyclic) bond motifs is 1. The molecule has 2 aromatic carbocycles. The van der Waals surface area contributed by atoms with E-state index in [-0.39, 0.29) is 12.2 Å². The molecule has 2 aliphatic rings. The lowest BCUT2D eigenvalue weighted by atomic mass is 9.97. The van der Waals surface area contributed by atoms with E-state index < -0.39 is 17.7 Å². The highest BCUT2D eigenvalue weighted by Gasteiger charge is 2.63. The summed E-state index contributed by atoms with van der Waals surface area (Å²) < 4.78 is 30.6. The lowest BCUT2D eigenvalue weighted by Crippen LogP contribution is -2.47. The Morgan fingerprint density at radius 1 is 0.857 bits per heavy atom. The Morgan fingerprint density at radius 3 is 2.11 bits per heavy atom. The Balaban J connectivity index is 1.43. The second-order valence-corrected chi connectivity index (χ2v) is 8.03. The van der Waals surface area contributed by atoms with Crippen LogP contribution < -0.4 is 0 Å². The first-order valence-electron chi connectivity index (χ1n) is 9.77. The number of hydrogen-bond acceptors (Lipinski definition) is 5. The zero-order valence-corrected chi connectivity index (χ0v) is 16.7. The van der Waals surface area contributed by atoms with Gasteiger partial charge in [0.25, 0.3) is 0 Å². The molecule has 0 saturated carbocycles. The van der Waals surface area contributed by atoms with Crippen molar-refractivity contribution < 1.29 is 23.7 Å². The van der Waals surface area contributed by atoms with Gasteiger partial charge >= 0.3 is 0 Å². The first kappa shape index (κ1) is 19.6. The van der Waals surface area contributed by atoms with Crippen molar-refractivity contribution in [1.82, 2.24) is 0 Å². The van der Waals surface area contributed by atoms with Crippen molar-refractivity contribution in [3.63, 3.8) is 0 Å². The Bertz CT molecular complexity index is 763. The fourth-order valence-corrected chi connectivity index (χ4v) is 3.96. The van der Waals surface area contributed by atoms with Crippen molar-refractivity contribution in [1.29, 1.82) is 0 Å². The maximum absolute atomic E-state index is 6.30. The van der Waals surface area contributed by atoms with Crippen LogP contribution in [0.2, 0.25) is 0 Å². The zero-order valence-electron chi connectivity index (χ0n) is 16.7. The van der Waals surface area contributed by atoms with Gasteiger partial charge < -0.3 is 23.7 Å². The molecule has 0 aliphatic carbocycles. The lowest BCUT2D eigenvalue weighted by Gasteiger charge is -2.31. The molecule has 2 fully saturated rings. The predicted molar refractivity (Wildman–Crippen MR) is 104 cm³/mol. The van der Waals surface area contributed by atoms with Crippen LogP contribution in [0.3, 0.4) is 0 Å². The van der Waals surface area contributed by atoms with E-state index in [1.165, 1.54) is 0 Å². The van der Waals surface area contributed by atoms with Gasteiger partial charge in [-0.1, -0.05) is 60.7 Å². The molecule has 0 spiro atoms. The van der Waals surface area contributed by atoms with Crippen LogP contribution in [-0.4, -0.2) is 36.5 Å². The van der Waals surface area contributed by atoms with E-state index in [9.17, 15) is 0 Å². The van der Waals surface area contributed by atoms with Crippen LogP contribution in [0.25, 0.3) is 0 Å². The van der Waals surface area contributed by atoms with Crippen molar-refractivity contribution in [2.75, 3.05) is 6.61 Å². The molecule has 2 aromatic rings. The molecule has 28 heavy (non-hydrogen) atoms. The molecule has 0 unspecified atom stereocenters. The Kier molecular flexibility index (Phi) is 5.54. The van der Waals surface area contributed by atoms with Gasteiger partial charge in [0.05, 0.1) is 19.8 Å². The van der Waals surface area contributed by atoms with Gasteiger partial charge in [0.15, 0.2) is 12.1 Å². The molecule has 4 rings (SSSR count). The summed E-state index contributed by atoms with van der Waals surface area (Å²) in [6.07, 6.45) is -1.04. The van der Waals surface area contributed by atoms with E-state index in [1.807, 2.05) is 81.4 Å². The van der Waals surface area contributed by atoms with Gasteiger partial charge in [-0.05, 0) is 31.9 Å².